The van der Waals surface area contributed by atoms with Crippen molar-refractivity contribution in [2.45, 2.75) is 25.5 Å². The minimum atomic E-state index is -0.813. The highest BCUT2D eigenvalue weighted by atomic mass is 35.5. The zero-order chi connectivity index (χ0) is 23.5. The summed E-state index contributed by atoms with van der Waals surface area (Å²) in [6.45, 7) is -0.249. The molecule has 33 heavy (non-hydrogen) atoms. The molecular weight excluding hydrogens is 456 g/mol. The molecule has 3 aromatic rings. The third-order valence-electron chi connectivity index (χ3n) is 5.30. The van der Waals surface area contributed by atoms with Crippen LogP contribution in [0.3, 0.4) is 0 Å². The number of carbonyl (C=O) groups is 2. The summed E-state index contributed by atoms with van der Waals surface area (Å²) < 4.78 is 33.7. The number of hydrogen-bond donors (Lipinski definition) is 2. The molecule has 2 amide bonds. The fourth-order valence-corrected chi connectivity index (χ4v) is 3.92. The van der Waals surface area contributed by atoms with E-state index in [9.17, 15) is 23.6 Å². The van der Waals surface area contributed by atoms with Crippen molar-refractivity contribution < 1.29 is 27.8 Å². The number of alkyl carbamates (subject to hydrolysis) is 1. The van der Waals surface area contributed by atoms with Gasteiger partial charge in [0.1, 0.15) is 11.6 Å². The van der Waals surface area contributed by atoms with Crippen LogP contribution in [-0.2, 0) is 17.8 Å². The van der Waals surface area contributed by atoms with E-state index in [2.05, 4.69) is 10.6 Å². The van der Waals surface area contributed by atoms with Crippen molar-refractivity contribution in [3.05, 3.63) is 99.0 Å². The second kappa shape index (κ2) is 9.41. The van der Waals surface area contributed by atoms with E-state index in [4.69, 9.17) is 16.3 Å². The topological polar surface area (TPSA) is 94.4 Å². The van der Waals surface area contributed by atoms with Crippen LogP contribution in [0.5, 0.6) is 0 Å². The maximum Gasteiger partial charge on any atom is 0.408 e. The van der Waals surface area contributed by atoms with Gasteiger partial charge in [0.25, 0.3) is 5.91 Å². The first-order valence-electron chi connectivity index (χ1n) is 10.0. The van der Waals surface area contributed by atoms with Crippen LogP contribution in [0.1, 0.15) is 39.6 Å². The van der Waals surface area contributed by atoms with Gasteiger partial charge in [-0.15, -0.1) is 0 Å². The number of halogens is 3. The zero-order valence-electron chi connectivity index (χ0n) is 17.1. The number of benzene rings is 2. The summed E-state index contributed by atoms with van der Waals surface area (Å²) in [6.07, 6.45) is 1.18. The van der Waals surface area contributed by atoms with Crippen LogP contribution in [0.25, 0.3) is 0 Å². The third kappa shape index (κ3) is 4.88. The molecule has 170 valence electrons. The Bertz CT molecular complexity index is 1240. The smallest absolute Gasteiger partial charge is 0.408 e. The van der Waals surface area contributed by atoms with Gasteiger partial charge in [0, 0.05) is 28.9 Å². The quantitative estimate of drug-likeness (QED) is 0.423. The van der Waals surface area contributed by atoms with E-state index in [0.29, 0.717) is 23.1 Å². The summed E-state index contributed by atoms with van der Waals surface area (Å²) in [5.41, 5.74) is 1.44. The predicted octanol–water partition coefficient (Wildman–Crippen LogP) is 4.42. The second-order valence-corrected chi connectivity index (χ2v) is 7.81. The van der Waals surface area contributed by atoms with Crippen molar-refractivity contribution >= 4 is 29.3 Å². The lowest BCUT2D eigenvalue weighted by atomic mass is 10.0. The number of pyridine rings is 1. The van der Waals surface area contributed by atoms with Gasteiger partial charge in [-0.05, 0) is 54.8 Å². The Kier molecular flexibility index (Phi) is 6.41. The highest BCUT2D eigenvalue weighted by Gasteiger charge is 2.31. The molecule has 0 spiro atoms. The van der Waals surface area contributed by atoms with Gasteiger partial charge in [0.2, 0.25) is 5.69 Å². The normalized spacial score (nSPS) is 14.5. The molecule has 0 saturated carbocycles. The molecule has 0 fully saturated rings. The van der Waals surface area contributed by atoms with Crippen LogP contribution in [-0.4, -0.2) is 12.0 Å². The number of nitrogens with zero attached hydrogens (tertiary/aromatic N) is 1. The molecule has 0 bridgehead atoms. The van der Waals surface area contributed by atoms with Crippen LogP contribution in [0.2, 0.25) is 5.02 Å². The van der Waals surface area contributed by atoms with Gasteiger partial charge < -0.3 is 20.6 Å². The molecule has 0 saturated heterocycles. The number of nitrogens with one attached hydrogen (secondary N) is 2. The van der Waals surface area contributed by atoms with E-state index in [1.165, 1.54) is 30.5 Å². The van der Waals surface area contributed by atoms with Crippen molar-refractivity contribution in [3.63, 3.8) is 0 Å². The van der Waals surface area contributed by atoms with E-state index in [1.54, 1.807) is 12.1 Å². The molecule has 1 aliphatic rings. The minimum absolute atomic E-state index is 0.141. The van der Waals surface area contributed by atoms with Gasteiger partial charge >= 0.3 is 6.09 Å². The first-order chi connectivity index (χ1) is 15.8. The fraction of sp³-hybridized carbons (Fsp3) is 0.174. The van der Waals surface area contributed by atoms with Crippen LogP contribution in [0, 0.1) is 16.8 Å². The van der Waals surface area contributed by atoms with Crippen molar-refractivity contribution in [1.82, 2.24) is 5.32 Å². The number of ether oxygens (including phenoxy) is 1. The first-order valence-corrected chi connectivity index (χ1v) is 10.4. The molecule has 10 heteroatoms. The van der Waals surface area contributed by atoms with Gasteiger partial charge in [0.15, 0.2) is 12.8 Å². The van der Waals surface area contributed by atoms with Gasteiger partial charge in [-0.25, -0.2) is 13.6 Å². The van der Waals surface area contributed by atoms with Crippen molar-refractivity contribution in [1.29, 1.82) is 0 Å². The number of rotatable bonds is 5. The van der Waals surface area contributed by atoms with E-state index >= 15 is 0 Å². The molecule has 1 aromatic heterocycles. The molecular formula is C23H18ClF2N3O4. The molecule has 1 unspecified atom stereocenters. The fourth-order valence-electron chi connectivity index (χ4n) is 3.74. The van der Waals surface area contributed by atoms with Gasteiger partial charge in [-0.2, -0.15) is 4.73 Å². The van der Waals surface area contributed by atoms with Crippen LogP contribution >= 0.6 is 11.6 Å². The molecule has 2 aromatic carbocycles. The summed E-state index contributed by atoms with van der Waals surface area (Å²) in [5.74, 6) is -1.69. The predicted molar refractivity (Wildman–Crippen MR) is 116 cm³/mol. The number of anilines is 1. The van der Waals surface area contributed by atoms with E-state index in [0.717, 1.165) is 12.1 Å². The summed E-state index contributed by atoms with van der Waals surface area (Å²) in [7, 11) is 0. The van der Waals surface area contributed by atoms with Crippen LogP contribution < -0.4 is 15.4 Å². The van der Waals surface area contributed by atoms with E-state index in [1.807, 2.05) is 0 Å². The molecule has 1 atom stereocenters. The Balaban J connectivity index is 1.47. The number of aromatic nitrogens is 1. The minimum Gasteiger partial charge on any atom is -0.618 e. The highest BCUT2D eigenvalue weighted by molar-refractivity contribution is 6.31. The van der Waals surface area contributed by atoms with Crippen molar-refractivity contribution in [2.75, 3.05) is 5.32 Å². The SMILES string of the molecule is O=C(NC1CCc2c(C(=O)Nc3ccc(F)c(Cl)c3)ccc(F)c21)OCc1cccc[n+]1[O-]. The Morgan fingerprint density at radius 1 is 1.15 bits per heavy atom. The van der Waals surface area contributed by atoms with Gasteiger partial charge in [0.05, 0.1) is 11.1 Å². The van der Waals surface area contributed by atoms with Gasteiger partial charge in [-0.1, -0.05) is 11.6 Å². The Morgan fingerprint density at radius 2 is 1.94 bits per heavy atom. The first kappa shape index (κ1) is 22.5. The average molecular weight is 474 g/mol. The molecule has 1 aliphatic carbocycles. The maximum atomic E-state index is 14.6. The summed E-state index contributed by atoms with van der Waals surface area (Å²) in [6, 6.07) is 10.3. The third-order valence-corrected chi connectivity index (χ3v) is 5.59. The molecule has 4 rings (SSSR count). The summed E-state index contributed by atoms with van der Waals surface area (Å²) in [4.78, 5) is 25.0. The van der Waals surface area contributed by atoms with Crippen molar-refractivity contribution in [3.8, 4) is 0 Å². The Labute approximate surface area is 192 Å². The second-order valence-electron chi connectivity index (χ2n) is 7.40. The molecule has 1 heterocycles. The molecule has 0 aliphatic heterocycles. The van der Waals surface area contributed by atoms with E-state index in [-0.39, 0.29) is 34.1 Å². The summed E-state index contributed by atoms with van der Waals surface area (Å²) >= 11 is 5.75. The number of carbonyl (C=O) groups excluding carboxylic acids is 2. The number of hydrogen-bond acceptors (Lipinski definition) is 4. The molecule has 0 radical (unpaired) electrons. The lowest BCUT2D eigenvalue weighted by molar-refractivity contribution is -0.616. The van der Waals surface area contributed by atoms with Crippen molar-refractivity contribution in [2.24, 2.45) is 0 Å². The number of amides is 2. The molecule has 2 N–H and O–H groups in total. The Hall–Kier alpha value is -3.72. The largest absolute Gasteiger partial charge is 0.618 e. The van der Waals surface area contributed by atoms with Crippen LogP contribution in [0.15, 0.2) is 54.7 Å². The standard InChI is InChI=1S/C23H18ClF2N3O4/c24-17-11-13(4-7-18(17)25)27-22(30)16-5-8-19(26)21-15(16)6-9-20(21)28-23(31)33-12-14-3-1-2-10-29(14)32/h1-5,7-8,10-11,20H,6,9,12H2,(H,27,30)(H,28,31). The Morgan fingerprint density at radius 3 is 2.70 bits per heavy atom. The lowest BCUT2D eigenvalue weighted by Crippen LogP contribution is -2.33. The lowest BCUT2D eigenvalue weighted by Gasteiger charge is -2.16. The average Bonchev–Trinajstić information content (AvgIpc) is 3.20. The van der Waals surface area contributed by atoms with Crippen LogP contribution in [0.4, 0.5) is 19.3 Å². The maximum absolute atomic E-state index is 14.6. The monoisotopic (exact) mass is 473 g/mol. The highest BCUT2D eigenvalue weighted by Crippen LogP contribution is 2.36. The van der Waals surface area contributed by atoms with Gasteiger partial charge in [-0.3, -0.25) is 4.79 Å². The zero-order valence-corrected chi connectivity index (χ0v) is 17.9. The number of fused-ring (bicyclic) bond motifs is 1. The summed E-state index contributed by atoms with van der Waals surface area (Å²) in [5, 5.41) is 16.7. The van der Waals surface area contributed by atoms with E-state index < -0.39 is 29.7 Å². The molecule has 7 nitrogen and oxygen atoms in total.